The van der Waals surface area contributed by atoms with Crippen LogP contribution in [0.5, 0.6) is 0 Å². The number of carbonyl (C=O) groups is 1. The van der Waals surface area contributed by atoms with Crippen molar-refractivity contribution in [1.82, 2.24) is 15.3 Å². The lowest BCUT2D eigenvalue weighted by Gasteiger charge is -2.00. The van der Waals surface area contributed by atoms with Gasteiger partial charge in [-0.25, -0.2) is 9.97 Å². The van der Waals surface area contributed by atoms with Crippen LogP contribution in [0.2, 0.25) is 0 Å². The summed E-state index contributed by atoms with van der Waals surface area (Å²) in [6, 6.07) is 3.99. The van der Waals surface area contributed by atoms with Crippen molar-refractivity contribution in [2.24, 2.45) is 0 Å². The highest BCUT2D eigenvalue weighted by Crippen LogP contribution is 2.27. The quantitative estimate of drug-likeness (QED) is 0.712. The van der Waals surface area contributed by atoms with Crippen molar-refractivity contribution in [3.8, 4) is 9.88 Å². The molecule has 3 aromatic rings. The van der Waals surface area contributed by atoms with Gasteiger partial charge in [0.1, 0.15) is 15.7 Å². The summed E-state index contributed by atoms with van der Waals surface area (Å²) < 4.78 is 0. The Balaban J connectivity index is 1.60. The number of nitrogens with zero attached hydrogens (tertiary/aromatic N) is 2. The van der Waals surface area contributed by atoms with Gasteiger partial charge in [0.05, 0.1) is 17.1 Å². The van der Waals surface area contributed by atoms with Crippen molar-refractivity contribution in [3.63, 3.8) is 0 Å². The van der Waals surface area contributed by atoms with E-state index in [1.807, 2.05) is 22.9 Å². The van der Waals surface area contributed by atoms with Crippen molar-refractivity contribution in [1.29, 1.82) is 0 Å². The highest BCUT2D eigenvalue weighted by atomic mass is 32.2. The Morgan fingerprint density at radius 1 is 1.27 bits per heavy atom. The van der Waals surface area contributed by atoms with Crippen LogP contribution in [-0.2, 0) is 12.3 Å². The van der Waals surface area contributed by atoms with Gasteiger partial charge in [0.15, 0.2) is 0 Å². The maximum Gasteiger partial charge on any atom is 0.271 e. The summed E-state index contributed by atoms with van der Waals surface area (Å²) in [4.78, 5) is 22.1. The van der Waals surface area contributed by atoms with Crippen LogP contribution in [0.15, 0.2) is 28.3 Å². The minimum absolute atomic E-state index is 0.154. The molecule has 0 bridgehead atoms. The number of hydrogen-bond donors (Lipinski definition) is 1. The van der Waals surface area contributed by atoms with Crippen LogP contribution in [0.25, 0.3) is 9.88 Å². The summed E-state index contributed by atoms with van der Waals surface area (Å²) in [5.41, 5.74) is 1.36. The van der Waals surface area contributed by atoms with Crippen LogP contribution in [0.4, 0.5) is 0 Å². The zero-order valence-corrected chi connectivity index (χ0v) is 15.0. The topological polar surface area (TPSA) is 54.9 Å². The predicted molar refractivity (Wildman–Crippen MR) is 95.9 cm³/mol. The van der Waals surface area contributed by atoms with E-state index in [0.29, 0.717) is 12.2 Å². The Labute approximate surface area is 144 Å². The fraction of sp³-hybridized carbons (Fsp3) is 0.214. The first-order valence-corrected chi connectivity index (χ1v) is 10.5. The number of thiazole rings is 2. The lowest BCUT2D eigenvalue weighted by atomic mass is 10.4. The van der Waals surface area contributed by atoms with E-state index in [-0.39, 0.29) is 5.91 Å². The van der Waals surface area contributed by atoms with E-state index in [1.54, 1.807) is 39.8 Å². The number of aromatic nitrogens is 2. The van der Waals surface area contributed by atoms with Gasteiger partial charge in [-0.3, -0.25) is 4.79 Å². The molecule has 0 aliphatic rings. The Hall–Kier alpha value is -1.22. The first-order chi connectivity index (χ1) is 10.8. The van der Waals surface area contributed by atoms with E-state index in [2.05, 4.69) is 21.5 Å². The van der Waals surface area contributed by atoms with Crippen LogP contribution in [0, 0.1) is 0 Å². The molecule has 0 radical (unpaired) electrons. The summed E-state index contributed by atoms with van der Waals surface area (Å²) in [7, 11) is 0. The zero-order chi connectivity index (χ0) is 15.4. The van der Waals surface area contributed by atoms with Gasteiger partial charge in [-0.15, -0.1) is 34.0 Å². The summed E-state index contributed by atoms with van der Waals surface area (Å²) in [5.74, 6) is 0.757. The fourth-order valence-electron chi connectivity index (χ4n) is 1.77. The van der Waals surface area contributed by atoms with Crippen molar-refractivity contribution >= 4 is 51.7 Å². The Morgan fingerprint density at radius 3 is 2.95 bits per heavy atom. The molecule has 0 atom stereocenters. The molecular weight excluding hydrogens is 354 g/mol. The predicted octanol–water partition coefficient (Wildman–Crippen LogP) is 4.12. The van der Waals surface area contributed by atoms with Crippen LogP contribution in [0.1, 0.15) is 21.2 Å². The van der Waals surface area contributed by atoms with Gasteiger partial charge in [0.25, 0.3) is 5.91 Å². The van der Waals surface area contributed by atoms with Crippen molar-refractivity contribution in [2.45, 2.75) is 12.3 Å². The van der Waals surface area contributed by atoms with E-state index in [1.165, 1.54) is 11.3 Å². The molecule has 1 N–H and O–H groups in total. The molecule has 22 heavy (non-hydrogen) atoms. The molecule has 0 fully saturated rings. The molecule has 114 valence electrons. The minimum Gasteiger partial charge on any atom is -0.345 e. The lowest BCUT2D eigenvalue weighted by Crippen LogP contribution is -2.23. The summed E-state index contributed by atoms with van der Waals surface area (Å²) in [6.07, 6.45) is 2.05. The number of carbonyl (C=O) groups excluding carboxylic acids is 1. The van der Waals surface area contributed by atoms with Crippen LogP contribution >= 0.6 is 45.8 Å². The Bertz CT molecular complexity index is 748. The molecule has 0 spiro atoms. The van der Waals surface area contributed by atoms with E-state index < -0.39 is 0 Å². The van der Waals surface area contributed by atoms with Crippen LogP contribution < -0.4 is 5.32 Å². The normalized spacial score (nSPS) is 10.8. The molecular formula is C14H13N3OS4. The first-order valence-electron chi connectivity index (χ1n) is 6.46. The number of thiophene rings is 1. The Kier molecular flexibility index (Phi) is 5.24. The molecule has 0 aliphatic heterocycles. The number of thioether (sulfide) groups is 1. The average molecular weight is 368 g/mol. The molecule has 4 nitrogen and oxygen atoms in total. The molecule has 3 heterocycles. The molecule has 0 saturated heterocycles. The van der Waals surface area contributed by atoms with E-state index in [0.717, 1.165) is 26.3 Å². The molecule has 1 amide bonds. The molecule has 8 heteroatoms. The second-order valence-corrected chi connectivity index (χ2v) is 7.98. The highest BCUT2D eigenvalue weighted by Gasteiger charge is 2.12. The second kappa shape index (κ2) is 7.36. The molecule has 3 rings (SSSR count). The van der Waals surface area contributed by atoms with E-state index in [4.69, 9.17) is 0 Å². The number of nitrogens with one attached hydrogen (secondary N) is 1. The average Bonchev–Trinajstić information content (AvgIpc) is 3.25. The van der Waals surface area contributed by atoms with Gasteiger partial charge in [-0.2, -0.15) is 11.8 Å². The van der Waals surface area contributed by atoms with Gasteiger partial charge >= 0.3 is 0 Å². The molecule has 0 saturated carbocycles. The summed E-state index contributed by atoms with van der Waals surface area (Å²) in [5, 5.41) is 10.6. The maximum atomic E-state index is 12.1. The minimum atomic E-state index is -0.154. The zero-order valence-electron chi connectivity index (χ0n) is 11.7. The lowest BCUT2D eigenvalue weighted by molar-refractivity contribution is 0.0946. The third-order valence-corrected chi connectivity index (χ3v) is 6.29. The summed E-state index contributed by atoms with van der Waals surface area (Å²) in [6.45, 7) is 0.440. The van der Waals surface area contributed by atoms with Crippen molar-refractivity contribution in [2.75, 3.05) is 6.26 Å². The smallest absolute Gasteiger partial charge is 0.271 e. The third-order valence-electron chi connectivity index (χ3n) is 2.77. The highest BCUT2D eigenvalue weighted by molar-refractivity contribution is 7.97. The van der Waals surface area contributed by atoms with Crippen LogP contribution in [0.3, 0.4) is 0 Å². The van der Waals surface area contributed by atoms with E-state index >= 15 is 0 Å². The monoisotopic (exact) mass is 367 g/mol. The fourth-order valence-corrected chi connectivity index (χ4v) is 4.90. The largest absolute Gasteiger partial charge is 0.345 e. The van der Waals surface area contributed by atoms with Gasteiger partial charge < -0.3 is 5.32 Å². The standard InChI is InChI=1S/C14H13N3OS4/c1-19-8-12-16-9(6-21-12)5-15-13(18)10-7-22-14(17-10)11-3-2-4-20-11/h2-4,6-7H,5,8H2,1H3,(H,15,18). The van der Waals surface area contributed by atoms with Gasteiger partial charge in [0.2, 0.25) is 0 Å². The number of hydrogen-bond acceptors (Lipinski definition) is 7. The van der Waals surface area contributed by atoms with Crippen molar-refractivity contribution in [3.05, 3.63) is 44.7 Å². The number of rotatable bonds is 6. The SMILES string of the molecule is CSCc1nc(CNC(=O)c2csc(-c3cccs3)n2)cs1. The molecule has 0 aliphatic carbocycles. The number of amides is 1. The Morgan fingerprint density at radius 2 is 2.18 bits per heavy atom. The molecule has 3 aromatic heterocycles. The third kappa shape index (κ3) is 3.75. The van der Waals surface area contributed by atoms with Gasteiger partial charge in [0, 0.05) is 16.5 Å². The first kappa shape index (κ1) is 15.7. The van der Waals surface area contributed by atoms with Crippen LogP contribution in [-0.4, -0.2) is 22.1 Å². The maximum absolute atomic E-state index is 12.1. The van der Waals surface area contributed by atoms with E-state index in [9.17, 15) is 4.79 Å². The summed E-state index contributed by atoms with van der Waals surface area (Å²) >= 11 is 6.49. The second-order valence-electron chi connectivity index (χ2n) is 4.36. The van der Waals surface area contributed by atoms with Gasteiger partial charge in [-0.1, -0.05) is 6.07 Å². The van der Waals surface area contributed by atoms with Crippen molar-refractivity contribution < 1.29 is 4.79 Å². The molecule has 0 unspecified atom stereocenters. The molecule has 0 aromatic carbocycles. The van der Waals surface area contributed by atoms with Gasteiger partial charge in [-0.05, 0) is 17.7 Å².